The molecule has 0 aliphatic rings. The third kappa shape index (κ3) is 3.72. The van der Waals surface area contributed by atoms with E-state index in [-0.39, 0.29) is 5.75 Å². The van der Waals surface area contributed by atoms with Gasteiger partial charge in [-0.1, -0.05) is 18.5 Å². The molecule has 2 rings (SSSR count). The van der Waals surface area contributed by atoms with Crippen LogP contribution < -0.4 is 4.72 Å². The summed E-state index contributed by atoms with van der Waals surface area (Å²) in [5, 5.41) is 1.72. The average Bonchev–Trinajstić information content (AvgIpc) is 2.71. The third-order valence-electron chi connectivity index (χ3n) is 2.92. The van der Waals surface area contributed by atoms with Gasteiger partial charge in [-0.3, -0.25) is 0 Å². The number of H-pyrrole nitrogens is 1. The van der Waals surface area contributed by atoms with E-state index in [1.165, 1.54) is 0 Å². The Morgan fingerprint density at radius 3 is 2.89 bits per heavy atom. The predicted molar refractivity (Wildman–Crippen MR) is 79.1 cm³/mol. The number of sulfonamides is 1. The summed E-state index contributed by atoms with van der Waals surface area (Å²) in [6, 6.07) is 5.64. The van der Waals surface area contributed by atoms with Gasteiger partial charge in [0.25, 0.3) is 0 Å². The lowest BCUT2D eigenvalue weighted by molar-refractivity contribution is 0.580. The summed E-state index contributed by atoms with van der Waals surface area (Å²) in [5.41, 5.74) is 2.08. The van der Waals surface area contributed by atoms with E-state index in [1.54, 1.807) is 0 Å². The van der Waals surface area contributed by atoms with Crippen molar-refractivity contribution in [3.63, 3.8) is 0 Å². The lowest BCUT2D eigenvalue weighted by Gasteiger charge is -2.04. The van der Waals surface area contributed by atoms with Crippen LogP contribution in [0, 0.1) is 0 Å². The van der Waals surface area contributed by atoms with Crippen molar-refractivity contribution >= 4 is 32.5 Å². The molecule has 0 bridgehead atoms. The topological polar surface area (TPSA) is 62.0 Å². The van der Waals surface area contributed by atoms with Crippen LogP contribution in [-0.2, 0) is 16.4 Å². The first-order valence-corrected chi connectivity index (χ1v) is 8.27. The van der Waals surface area contributed by atoms with Crippen molar-refractivity contribution in [3.05, 3.63) is 35.0 Å². The van der Waals surface area contributed by atoms with E-state index in [0.717, 1.165) is 16.5 Å². The molecule has 6 heteroatoms. The van der Waals surface area contributed by atoms with Gasteiger partial charge in [0.1, 0.15) is 0 Å². The van der Waals surface area contributed by atoms with Crippen molar-refractivity contribution in [2.75, 3.05) is 12.3 Å². The minimum Gasteiger partial charge on any atom is -0.361 e. The first kappa shape index (κ1) is 14.4. The molecule has 4 nitrogen and oxygen atoms in total. The molecular weight excluding hydrogens is 284 g/mol. The second kappa shape index (κ2) is 5.94. The van der Waals surface area contributed by atoms with Crippen LogP contribution in [0.4, 0.5) is 0 Å². The van der Waals surface area contributed by atoms with Gasteiger partial charge in [-0.05, 0) is 36.6 Å². The molecule has 0 saturated heterocycles. The zero-order chi connectivity index (χ0) is 13.9. The molecule has 0 saturated carbocycles. The summed E-state index contributed by atoms with van der Waals surface area (Å²) in [4.78, 5) is 3.15. The standard InChI is InChI=1S/C13H17ClN2O2S/c1-2-7-19(17,18)16-6-5-10-9-15-13-4-3-11(14)8-12(10)13/h3-4,8-9,15-16H,2,5-7H2,1H3. The number of fused-ring (bicyclic) bond motifs is 1. The Balaban J connectivity index is 2.04. The zero-order valence-electron chi connectivity index (χ0n) is 10.7. The highest BCUT2D eigenvalue weighted by Crippen LogP contribution is 2.22. The fraction of sp³-hybridized carbons (Fsp3) is 0.385. The van der Waals surface area contributed by atoms with Crippen LogP contribution in [0.1, 0.15) is 18.9 Å². The highest BCUT2D eigenvalue weighted by Gasteiger charge is 2.09. The fourth-order valence-electron chi connectivity index (χ4n) is 2.04. The summed E-state index contributed by atoms with van der Waals surface area (Å²) >= 11 is 5.97. The lowest BCUT2D eigenvalue weighted by atomic mass is 10.1. The maximum absolute atomic E-state index is 11.5. The van der Waals surface area contributed by atoms with Crippen molar-refractivity contribution in [1.82, 2.24) is 9.71 Å². The van der Waals surface area contributed by atoms with Gasteiger partial charge < -0.3 is 4.98 Å². The normalized spacial score (nSPS) is 12.1. The lowest BCUT2D eigenvalue weighted by Crippen LogP contribution is -2.28. The van der Waals surface area contributed by atoms with E-state index in [4.69, 9.17) is 11.6 Å². The summed E-state index contributed by atoms with van der Waals surface area (Å²) in [5.74, 6) is 0.173. The molecular formula is C13H17ClN2O2S. The number of nitrogens with one attached hydrogen (secondary N) is 2. The van der Waals surface area contributed by atoms with Gasteiger partial charge >= 0.3 is 0 Å². The Labute approximate surface area is 118 Å². The molecule has 0 aliphatic heterocycles. The first-order valence-electron chi connectivity index (χ1n) is 6.24. The maximum Gasteiger partial charge on any atom is 0.211 e. The third-order valence-corrected chi connectivity index (χ3v) is 4.74. The van der Waals surface area contributed by atoms with Crippen LogP contribution in [0.2, 0.25) is 5.02 Å². The average molecular weight is 301 g/mol. The Bertz CT molecular complexity index is 664. The van der Waals surface area contributed by atoms with Crippen LogP contribution in [0.5, 0.6) is 0 Å². The quantitative estimate of drug-likeness (QED) is 0.861. The Morgan fingerprint density at radius 2 is 2.16 bits per heavy atom. The SMILES string of the molecule is CCCS(=O)(=O)NCCc1c[nH]c2ccc(Cl)cc12. The Kier molecular flexibility index (Phi) is 4.50. The van der Waals surface area contributed by atoms with Gasteiger partial charge in [-0.2, -0.15) is 0 Å². The maximum atomic E-state index is 11.5. The van der Waals surface area contributed by atoms with Gasteiger partial charge in [0.2, 0.25) is 10.0 Å². The van der Waals surface area contributed by atoms with E-state index >= 15 is 0 Å². The molecule has 0 aliphatic carbocycles. The van der Waals surface area contributed by atoms with E-state index < -0.39 is 10.0 Å². The number of aromatic nitrogens is 1. The monoisotopic (exact) mass is 300 g/mol. The van der Waals surface area contributed by atoms with Crippen LogP contribution in [0.15, 0.2) is 24.4 Å². The number of benzene rings is 1. The number of aromatic amines is 1. The molecule has 2 aromatic rings. The van der Waals surface area contributed by atoms with Gasteiger partial charge in [0, 0.05) is 28.7 Å². The van der Waals surface area contributed by atoms with Crippen molar-refractivity contribution in [2.45, 2.75) is 19.8 Å². The van der Waals surface area contributed by atoms with Crippen molar-refractivity contribution in [3.8, 4) is 0 Å². The van der Waals surface area contributed by atoms with Crippen molar-refractivity contribution in [2.24, 2.45) is 0 Å². The smallest absolute Gasteiger partial charge is 0.211 e. The summed E-state index contributed by atoms with van der Waals surface area (Å²) in [6.07, 6.45) is 3.16. The molecule has 0 atom stereocenters. The van der Waals surface area contributed by atoms with Gasteiger partial charge in [0.15, 0.2) is 0 Å². The van der Waals surface area contributed by atoms with Crippen LogP contribution in [0.3, 0.4) is 0 Å². The zero-order valence-corrected chi connectivity index (χ0v) is 12.3. The van der Waals surface area contributed by atoms with Gasteiger partial charge in [0.05, 0.1) is 5.75 Å². The summed E-state index contributed by atoms with van der Waals surface area (Å²) in [6.45, 7) is 2.25. The second-order valence-electron chi connectivity index (χ2n) is 4.47. The molecule has 0 amide bonds. The Morgan fingerprint density at radius 1 is 1.37 bits per heavy atom. The second-order valence-corrected chi connectivity index (χ2v) is 6.83. The fourth-order valence-corrected chi connectivity index (χ4v) is 3.31. The van der Waals surface area contributed by atoms with E-state index in [1.807, 2.05) is 31.3 Å². The predicted octanol–water partition coefficient (Wildman–Crippen LogP) is 2.69. The molecule has 0 fully saturated rings. The molecule has 2 N–H and O–H groups in total. The molecule has 0 radical (unpaired) electrons. The molecule has 0 unspecified atom stereocenters. The minimum atomic E-state index is -3.13. The number of hydrogen-bond acceptors (Lipinski definition) is 2. The van der Waals surface area contributed by atoms with Crippen LogP contribution in [-0.4, -0.2) is 25.7 Å². The largest absolute Gasteiger partial charge is 0.361 e. The van der Waals surface area contributed by atoms with E-state index in [0.29, 0.717) is 24.4 Å². The van der Waals surface area contributed by atoms with Crippen molar-refractivity contribution < 1.29 is 8.42 Å². The number of hydrogen-bond donors (Lipinski definition) is 2. The molecule has 19 heavy (non-hydrogen) atoms. The van der Waals surface area contributed by atoms with Crippen molar-refractivity contribution in [1.29, 1.82) is 0 Å². The molecule has 1 aromatic heterocycles. The van der Waals surface area contributed by atoms with Crippen LogP contribution in [0.25, 0.3) is 10.9 Å². The molecule has 1 heterocycles. The number of rotatable bonds is 6. The van der Waals surface area contributed by atoms with Crippen LogP contribution >= 0.6 is 11.6 Å². The summed E-state index contributed by atoms with van der Waals surface area (Å²) in [7, 11) is -3.13. The molecule has 1 aromatic carbocycles. The van der Waals surface area contributed by atoms with Gasteiger partial charge in [-0.15, -0.1) is 0 Å². The van der Waals surface area contributed by atoms with E-state index in [2.05, 4.69) is 9.71 Å². The van der Waals surface area contributed by atoms with E-state index in [9.17, 15) is 8.42 Å². The first-order chi connectivity index (χ1) is 9.02. The molecule has 0 spiro atoms. The minimum absolute atomic E-state index is 0.173. The highest BCUT2D eigenvalue weighted by atomic mass is 35.5. The summed E-state index contributed by atoms with van der Waals surface area (Å²) < 4.78 is 25.7. The Hall–Kier alpha value is -1.04. The highest BCUT2D eigenvalue weighted by molar-refractivity contribution is 7.89. The number of halogens is 1. The molecule has 104 valence electrons. The van der Waals surface area contributed by atoms with Gasteiger partial charge in [-0.25, -0.2) is 13.1 Å².